The van der Waals surface area contributed by atoms with Crippen LogP contribution >= 0.6 is 0 Å². The third-order valence-electron chi connectivity index (χ3n) is 3.25. The van der Waals surface area contributed by atoms with Crippen molar-refractivity contribution in [3.05, 3.63) is 58.5 Å². The van der Waals surface area contributed by atoms with Crippen LogP contribution in [0.5, 0.6) is 5.75 Å². The number of aromatic amines is 1. The predicted molar refractivity (Wildman–Crippen MR) is 83.9 cm³/mol. The van der Waals surface area contributed by atoms with Gasteiger partial charge in [0.1, 0.15) is 17.1 Å². The number of aromatic nitrogens is 2. The summed E-state index contributed by atoms with van der Waals surface area (Å²) in [6.45, 7) is 0. The Morgan fingerprint density at radius 2 is 2.21 bits per heavy atom. The van der Waals surface area contributed by atoms with Gasteiger partial charge in [-0.3, -0.25) is 20.0 Å². The number of hydrogen-bond donors (Lipinski definition) is 2. The van der Waals surface area contributed by atoms with E-state index < -0.39 is 10.8 Å². The van der Waals surface area contributed by atoms with E-state index in [9.17, 15) is 14.9 Å². The number of benzene rings is 1. The van der Waals surface area contributed by atoms with E-state index in [-0.39, 0.29) is 17.1 Å². The van der Waals surface area contributed by atoms with E-state index >= 15 is 0 Å². The zero-order chi connectivity index (χ0) is 17.1. The average Bonchev–Trinajstić information content (AvgIpc) is 3.26. The van der Waals surface area contributed by atoms with Gasteiger partial charge < -0.3 is 14.5 Å². The maximum atomic E-state index is 12.2. The largest absolute Gasteiger partial charge is 0.496 e. The minimum Gasteiger partial charge on any atom is -0.496 e. The fourth-order valence-electron chi connectivity index (χ4n) is 2.08. The monoisotopic (exact) mass is 328 g/mol. The number of ether oxygens (including phenoxy) is 1. The molecule has 0 atom stereocenters. The van der Waals surface area contributed by atoms with Gasteiger partial charge in [-0.05, 0) is 24.3 Å². The van der Waals surface area contributed by atoms with Crippen LogP contribution in [0, 0.1) is 10.1 Å². The Hall–Kier alpha value is -3.62. The Kier molecular flexibility index (Phi) is 3.98. The molecule has 0 spiro atoms. The van der Waals surface area contributed by atoms with Crippen LogP contribution in [-0.4, -0.2) is 28.1 Å². The standard InChI is InChI=1S/C15H12N4O5/c1-23-9-4-5-10(13(7-9)19(21)22)16-15(20)12-8-11(17-18-12)14-3-2-6-24-14/h2-8H,1H3,(H,16,20)(H,17,18). The fraction of sp³-hybridized carbons (Fsp3) is 0.0667. The maximum absolute atomic E-state index is 12.2. The zero-order valence-corrected chi connectivity index (χ0v) is 12.5. The fourth-order valence-corrected chi connectivity index (χ4v) is 2.08. The molecule has 0 saturated carbocycles. The molecular formula is C15H12N4O5. The number of hydrogen-bond acceptors (Lipinski definition) is 6. The molecule has 24 heavy (non-hydrogen) atoms. The molecule has 9 nitrogen and oxygen atoms in total. The molecule has 0 fully saturated rings. The van der Waals surface area contributed by atoms with Gasteiger partial charge in [-0.25, -0.2) is 0 Å². The Bertz CT molecular complexity index is 885. The highest BCUT2D eigenvalue weighted by molar-refractivity contribution is 6.04. The number of nitrogens with zero attached hydrogens (tertiary/aromatic N) is 2. The van der Waals surface area contributed by atoms with Crippen molar-refractivity contribution in [2.75, 3.05) is 12.4 Å². The molecule has 2 N–H and O–H groups in total. The summed E-state index contributed by atoms with van der Waals surface area (Å²) < 4.78 is 10.2. The zero-order valence-electron chi connectivity index (χ0n) is 12.5. The third kappa shape index (κ3) is 2.95. The van der Waals surface area contributed by atoms with E-state index in [0.29, 0.717) is 17.2 Å². The molecule has 122 valence electrons. The van der Waals surface area contributed by atoms with Crippen molar-refractivity contribution in [3.63, 3.8) is 0 Å². The summed E-state index contributed by atoms with van der Waals surface area (Å²) in [5.74, 6) is 0.258. The number of nitro groups is 1. The van der Waals surface area contributed by atoms with E-state index in [2.05, 4.69) is 15.5 Å². The van der Waals surface area contributed by atoms with Crippen LogP contribution in [0.1, 0.15) is 10.5 Å². The number of methoxy groups -OCH3 is 1. The van der Waals surface area contributed by atoms with Gasteiger partial charge in [0.05, 0.1) is 24.4 Å². The highest BCUT2D eigenvalue weighted by atomic mass is 16.6. The van der Waals surface area contributed by atoms with E-state index in [4.69, 9.17) is 9.15 Å². The molecule has 3 aromatic rings. The second-order valence-electron chi connectivity index (χ2n) is 4.74. The van der Waals surface area contributed by atoms with Crippen molar-refractivity contribution in [3.8, 4) is 17.2 Å². The van der Waals surface area contributed by atoms with Crippen LogP contribution < -0.4 is 10.1 Å². The van der Waals surface area contributed by atoms with Crippen LogP contribution in [0.2, 0.25) is 0 Å². The first-order valence-corrected chi connectivity index (χ1v) is 6.81. The Balaban J connectivity index is 1.84. The van der Waals surface area contributed by atoms with Crippen molar-refractivity contribution >= 4 is 17.3 Å². The molecule has 1 amide bonds. The number of carbonyl (C=O) groups is 1. The summed E-state index contributed by atoms with van der Waals surface area (Å²) in [6.07, 6.45) is 1.50. The van der Waals surface area contributed by atoms with Gasteiger partial charge in [-0.15, -0.1) is 0 Å². The number of H-pyrrole nitrogens is 1. The molecule has 3 rings (SSSR count). The lowest BCUT2D eigenvalue weighted by atomic mass is 10.2. The van der Waals surface area contributed by atoms with Crippen molar-refractivity contribution in [2.45, 2.75) is 0 Å². The lowest BCUT2D eigenvalue weighted by Crippen LogP contribution is -2.13. The van der Waals surface area contributed by atoms with Gasteiger partial charge in [0.15, 0.2) is 11.5 Å². The van der Waals surface area contributed by atoms with Gasteiger partial charge in [0.2, 0.25) is 0 Å². The van der Waals surface area contributed by atoms with Gasteiger partial charge in [-0.1, -0.05) is 0 Å². The highest BCUT2D eigenvalue weighted by Gasteiger charge is 2.19. The van der Waals surface area contributed by atoms with Crippen molar-refractivity contribution in [1.82, 2.24) is 10.2 Å². The molecule has 0 aliphatic heterocycles. The lowest BCUT2D eigenvalue weighted by Gasteiger charge is -2.06. The third-order valence-corrected chi connectivity index (χ3v) is 3.25. The van der Waals surface area contributed by atoms with Gasteiger partial charge >= 0.3 is 0 Å². The van der Waals surface area contributed by atoms with Gasteiger partial charge in [-0.2, -0.15) is 5.10 Å². The summed E-state index contributed by atoms with van der Waals surface area (Å²) >= 11 is 0. The smallest absolute Gasteiger partial charge is 0.296 e. The SMILES string of the molecule is COc1ccc(NC(=O)c2cc(-c3ccco3)[nH]n2)c([N+](=O)[O-])c1. The van der Waals surface area contributed by atoms with Crippen LogP contribution in [0.3, 0.4) is 0 Å². The van der Waals surface area contributed by atoms with Crippen LogP contribution in [0.25, 0.3) is 11.5 Å². The molecule has 0 aliphatic carbocycles. The number of anilines is 1. The number of nitrogens with one attached hydrogen (secondary N) is 2. The first kappa shape index (κ1) is 15.3. The molecule has 9 heteroatoms. The summed E-state index contributed by atoms with van der Waals surface area (Å²) in [6, 6.07) is 9.05. The molecule has 1 aromatic carbocycles. The average molecular weight is 328 g/mol. The number of nitro benzene ring substituents is 1. The lowest BCUT2D eigenvalue weighted by molar-refractivity contribution is -0.384. The van der Waals surface area contributed by atoms with Crippen molar-refractivity contribution < 1.29 is 18.9 Å². The Morgan fingerprint density at radius 3 is 2.88 bits per heavy atom. The molecule has 0 radical (unpaired) electrons. The first-order chi connectivity index (χ1) is 11.6. The Labute approximate surface area is 135 Å². The van der Waals surface area contributed by atoms with Crippen LogP contribution in [-0.2, 0) is 0 Å². The van der Waals surface area contributed by atoms with E-state index in [1.165, 1.54) is 37.6 Å². The first-order valence-electron chi connectivity index (χ1n) is 6.81. The minimum atomic E-state index is -0.600. The number of carbonyl (C=O) groups excluding carboxylic acids is 1. The van der Waals surface area contributed by atoms with E-state index in [0.717, 1.165) is 0 Å². The molecule has 0 saturated heterocycles. The second-order valence-corrected chi connectivity index (χ2v) is 4.74. The quantitative estimate of drug-likeness (QED) is 0.548. The molecule has 0 bridgehead atoms. The highest BCUT2D eigenvalue weighted by Crippen LogP contribution is 2.29. The Morgan fingerprint density at radius 1 is 1.38 bits per heavy atom. The topological polar surface area (TPSA) is 123 Å². The predicted octanol–water partition coefficient (Wildman–Crippen LogP) is 2.84. The molecule has 2 aromatic heterocycles. The molecule has 0 aliphatic rings. The summed E-state index contributed by atoms with van der Waals surface area (Å²) in [5, 5.41) is 20.2. The maximum Gasteiger partial charge on any atom is 0.296 e. The number of amides is 1. The van der Waals surface area contributed by atoms with Gasteiger partial charge in [0.25, 0.3) is 11.6 Å². The van der Waals surface area contributed by atoms with Crippen molar-refractivity contribution in [2.24, 2.45) is 0 Å². The summed E-state index contributed by atoms with van der Waals surface area (Å²) in [7, 11) is 1.40. The molecule has 2 heterocycles. The van der Waals surface area contributed by atoms with Crippen molar-refractivity contribution in [1.29, 1.82) is 0 Å². The normalized spacial score (nSPS) is 10.4. The number of rotatable bonds is 5. The van der Waals surface area contributed by atoms with Crippen LogP contribution in [0.4, 0.5) is 11.4 Å². The van der Waals surface area contributed by atoms with E-state index in [1.807, 2.05) is 0 Å². The molecular weight excluding hydrogens is 316 g/mol. The van der Waals surface area contributed by atoms with E-state index in [1.54, 1.807) is 12.1 Å². The number of furan rings is 1. The summed E-state index contributed by atoms with van der Waals surface area (Å²) in [5.41, 5.74) is 0.374. The second kappa shape index (κ2) is 6.24. The summed E-state index contributed by atoms with van der Waals surface area (Å²) in [4.78, 5) is 22.8. The minimum absolute atomic E-state index is 0.0494. The van der Waals surface area contributed by atoms with Gasteiger partial charge in [0, 0.05) is 6.07 Å². The van der Waals surface area contributed by atoms with Crippen LogP contribution in [0.15, 0.2) is 47.1 Å². The molecule has 0 unspecified atom stereocenters.